The first kappa shape index (κ1) is 31.8. The van der Waals surface area contributed by atoms with Crippen LogP contribution in [0.1, 0.15) is 28.8 Å². The van der Waals surface area contributed by atoms with Gasteiger partial charge in [0.2, 0.25) is 11.8 Å². The van der Waals surface area contributed by atoms with Crippen LogP contribution in [-0.4, -0.2) is 120 Å². The molecule has 214 valence electrons. The lowest BCUT2D eigenvalue weighted by Gasteiger charge is -2.30. The maximum atomic E-state index is 12.2. The largest absolute Gasteiger partial charge is 0.394 e. The number of piperidine rings is 1. The van der Waals surface area contributed by atoms with Gasteiger partial charge in [-0.15, -0.1) is 0 Å². The molecule has 1 aliphatic rings. The van der Waals surface area contributed by atoms with Crippen molar-refractivity contribution < 1.29 is 43.2 Å². The monoisotopic (exact) mass is 539 g/mol. The number of anilines is 1. The highest BCUT2D eigenvalue weighted by Crippen LogP contribution is 2.23. The Kier molecular flexibility index (Phi) is 16.4. The van der Waals surface area contributed by atoms with Gasteiger partial charge >= 0.3 is 0 Å². The van der Waals surface area contributed by atoms with E-state index in [1.165, 1.54) is 0 Å². The van der Waals surface area contributed by atoms with Gasteiger partial charge < -0.3 is 34.1 Å². The Morgan fingerprint density at radius 3 is 2.08 bits per heavy atom. The summed E-state index contributed by atoms with van der Waals surface area (Å²) in [5.74, 6) is -0.567. The Hall–Kier alpha value is -2.45. The van der Waals surface area contributed by atoms with E-state index in [0.717, 1.165) is 17.5 Å². The van der Waals surface area contributed by atoms with E-state index in [2.05, 4.69) is 10.6 Å². The molecule has 0 aliphatic carbocycles. The van der Waals surface area contributed by atoms with Gasteiger partial charge in [0.15, 0.2) is 0 Å². The molecule has 2 rings (SSSR count). The predicted molar refractivity (Wildman–Crippen MR) is 139 cm³/mol. The van der Waals surface area contributed by atoms with E-state index in [9.17, 15) is 14.4 Å². The Labute approximate surface area is 223 Å². The van der Waals surface area contributed by atoms with E-state index in [4.69, 9.17) is 28.8 Å². The van der Waals surface area contributed by atoms with Crippen LogP contribution in [0.3, 0.4) is 0 Å². The molecule has 12 heteroatoms. The normalized spacial score (nSPS) is 15.6. The van der Waals surface area contributed by atoms with Gasteiger partial charge in [0.1, 0.15) is 6.29 Å². The van der Waals surface area contributed by atoms with Gasteiger partial charge in [-0.1, -0.05) is 12.1 Å². The molecular formula is C26H41N3O9. The summed E-state index contributed by atoms with van der Waals surface area (Å²) < 4.78 is 26.9. The Morgan fingerprint density at radius 1 is 0.947 bits per heavy atom. The van der Waals surface area contributed by atoms with Gasteiger partial charge in [0, 0.05) is 30.8 Å². The maximum absolute atomic E-state index is 12.2. The number of aldehydes is 1. The van der Waals surface area contributed by atoms with Crippen LogP contribution in [0.15, 0.2) is 18.2 Å². The number of carbonyl (C=O) groups excluding carboxylic acids is 3. The Morgan fingerprint density at radius 2 is 1.53 bits per heavy atom. The minimum absolute atomic E-state index is 0.0104. The number of benzene rings is 1. The predicted octanol–water partition coefficient (Wildman–Crippen LogP) is 0.223. The van der Waals surface area contributed by atoms with Crippen LogP contribution in [0.25, 0.3) is 0 Å². The van der Waals surface area contributed by atoms with Crippen molar-refractivity contribution in [1.82, 2.24) is 10.2 Å². The van der Waals surface area contributed by atoms with E-state index in [-0.39, 0.29) is 18.4 Å². The molecule has 1 heterocycles. The third-order valence-corrected chi connectivity index (χ3v) is 5.77. The molecular weight excluding hydrogens is 498 g/mol. The van der Waals surface area contributed by atoms with E-state index in [0.29, 0.717) is 97.6 Å². The number of aliphatic hydroxyl groups is 1. The van der Waals surface area contributed by atoms with Crippen LogP contribution in [0.5, 0.6) is 0 Å². The van der Waals surface area contributed by atoms with Gasteiger partial charge in [-0.3, -0.25) is 24.6 Å². The number of aliphatic hydroxyl groups excluding tert-OH is 1. The average molecular weight is 540 g/mol. The van der Waals surface area contributed by atoms with Crippen LogP contribution in [0, 0.1) is 0 Å². The lowest BCUT2D eigenvalue weighted by Crippen LogP contribution is -2.51. The molecule has 0 saturated carbocycles. The molecule has 1 aromatic rings. The summed E-state index contributed by atoms with van der Waals surface area (Å²) in [5.41, 5.74) is 2.13. The molecule has 1 unspecified atom stereocenters. The summed E-state index contributed by atoms with van der Waals surface area (Å²) in [6.45, 7) is 5.38. The average Bonchev–Trinajstić information content (AvgIpc) is 2.91. The topological polar surface area (TPSA) is 145 Å². The number of nitrogens with one attached hydrogen (secondary N) is 2. The molecule has 0 bridgehead atoms. The van der Waals surface area contributed by atoms with Gasteiger partial charge in [-0.25, -0.2) is 0 Å². The van der Waals surface area contributed by atoms with Gasteiger partial charge in [0.05, 0.1) is 78.7 Å². The fourth-order valence-electron chi connectivity index (χ4n) is 3.82. The molecule has 12 nitrogen and oxygen atoms in total. The minimum Gasteiger partial charge on any atom is -0.394 e. The molecule has 0 aromatic heterocycles. The minimum atomic E-state index is -0.426. The van der Waals surface area contributed by atoms with E-state index < -0.39 is 6.04 Å². The van der Waals surface area contributed by atoms with Crippen molar-refractivity contribution in [2.45, 2.75) is 25.4 Å². The van der Waals surface area contributed by atoms with Gasteiger partial charge in [-0.05, 0) is 25.1 Å². The smallest absolute Gasteiger partial charge is 0.243 e. The Balaban J connectivity index is 1.57. The highest BCUT2D eigenvalue weighted by Gasteiger charge is 2.30. The summed E-state index contributed by atoms with van der Waals surface area (Å²) in [7, 11) is 1.81. The highest BCUT2D eigenvalue weighted by atomic mass is 16.6. The quantitative estimate of drug-likeness (QED) is 0.106. The Bertz CT molecular complexity index is 840. The van der Waals surface area contributed by atoms with E-state index in [1.807, 2.05) is 18.0 Å². The third kappa shape index (κ3) is 12.4. The summed E-state index contributed by atoms with van der Waals surface area (Å²) in [6.07, 6.45) is 1.55. The molecule has 1 aromatic carbocycles. The zero-order valence-corrected chi connectivity index (χ0v) is 22.2. The molecule has 38 heavy (non-hydrogen) atoms. The summed E-state index contributed by atoms with van der Waals surface area (Å²) in [6, 6.07) is 5.01. The van der Waals surface area contributed by atoms with Crippen LogP contribution in [0.4, 0.5) is 5.69 Å². The number of carbonyl (C=O) groups is 3. The van der Waals surface area contributed by atoms with Crippen LogP contribution in [-0.2, 0) is 39.8 Å². The number of hydrogen-bond acceptors (Lipinski definition) is 11. The van der Waals surface area contributed by atoms with Crippen LogP contribution < -0.4 is 10.6 Å². The van der Waals surface area contributed by atoms with E-state index in [1.54, 1.807) is 12.1 Å². The molecule has 3 N–H and O–H groups in total. The number of ether oxygens (including phenoxy) is 5. The standard InChI is InChI=1S/C26H41N3O9/c1-29(24-5-6-25(32)28-26(24)33)19-22-21(20-31)3-2-4-23(22)27-7-9-34-11-13-36-15-17-38-18-16-37-14-12-35-10-8-30/h2-4,20,24,27,30H,5-19H2,1H3,(H,28,32,33). The first-order valence-corrected chi connectivity index (χ1v) is 12.9. The first-order valence-electron chi connectivity index (χ1n) is 12.9. The molecule has 1 saturated heterocycles. The zero-order valence-electron chi connectivity index (χ0n) is 22.2. The molecule has 0 spiro atoms. The number of imide groups is 1. The second-order valence-electron chi connectivity index (χ2n) is 8.59. The number of amides is 2. The highest BCUT2D eigenvalue weighted by molar-refractivity contribution is 6.00. The molecule has 1 aliphatic heterocycles. The SMILES string of the molecule is CN(Cc1c(C=O)cccc1NCCOCCOCCOCCOCCOCCO)C1CCC(=O)NC1=O. The summed E-state index contributed by atoms with van der Waals surface area (Å²) in [4.78, 5) is 37.2. The zero-order chi connectivity index (χ0) is 27.4. The molecule has 0 radical (unpaired) electrons. The van der Waals surface area contributed by atoms with Gasteiger partial charge in [0.25, 0.3) is 0 Å². The van der Waals surface area contributed by atoms with Crippen LogP contribution in [0.2, 0.25) is 0 Å². The van der Waals surface area contributed by atoms with Crippen molar-refractivity contribution in [2.24, 2.45) is 0 Å². The van der Waals surface area contributed by atoms with Crippen molar-refractivity contribution in [3.63, 3.8) is 0 Å². The third-order valence-electron chi connectivity index (χ3n) is 5.77. The fourth-order valence-corrected chi connectivity index (χ4v) is 3.82. The second-order valence-corrected chi connectivity index (χ2v) is 8.59. The number of rotatable bonds is 22. The summed E-state index contributed by atoms with van der Waals surface area (Å²) in [5, 5.41) is 14.3. The first-order chi connectivity index (χ1) is 18.6. The van der Waals surface area contributed by atoms with Crippen LogP contribution >= 0.6 is 0 Å². The van der Waals surface area contributed by atoms with Crippen molar-refractivity contribution in [1.29, 1.82) is 0 Å². The molecule has 2 amide bonds. The van der Waals surface area contributed by atoms with Crippen molar-refractivity contribution in [3.8, 4) is 0 Å². The van der Waals surface area contributed by atoms with Crippen molar-refractivity contribution >= 4 is 23.8 Å². The maximum Gasteiger partial charge on any atom is 0.243 e. The van der Waals surface area contributed by atoms with Gasteiger partial charge in [-0.2, -0.15) is 0 Å². The molecule has 1 atom stereocenters. The molecule has 1 fully saturated rings. The fraction of sp³-hybridized carbons (Fsp3) is 0.654. The van der Waals surface area contributed by atoms with Crippen molar-refractivity contribution in [3.05, 3.63) is 29.3 Å². The second kappa shape index (κ2) is 19.6. The lowest BCUT2D eigenvalue weighted by molar-refractivity contribution is -0.137. The van der Waals surface area contributed by atoms with E-state index >= 15 is 0 Å². The number of hydrogen-bond donors (Lipinski definition) is 3. The van der Waals surface area contributed by atoms with Crippen molar-refractivity contribution in [2.75, 3.05) is 91.6 Å². The lowest BCUT2D eigenvalue weighted by atomic mass is 10.0. The number of likely N-dealkylation sites (N-methyl/N-ethyl adjacent to an activating group) is 1. The summed E-state index contributed by atoms with van der Waals surface area (Å²) >= 11 is 0. The number of nitrogens with zero attached hydrogens (tertiary/aromatic N) is 1.